The van der Waals surface area contributed by atoms with Crippen LogP contribution in [0.25, 0.3) is 0 Å². The van der Waals surface area contributed by atoms with Gasteiger partial charge < -0.3 is 10.1 Å². The normalized spacial score (nSPS) is 24.8. The lowest BCUT2D eigenvalue weighted by atomic mass is 9.50. The van der Waals surface area contributed by atoms with Crippen LogP contribution in [0.3, 0.4) is 0 Å². The third-order valence-electron chi connectivity index (χ3n) is 5.36. The van der Waals surface area contributed by atoms with Gasteiger partial charge in [0.15, 0.2) is 0 Å². The van der Waals surface area contributed by atoms with Gasteiger partial charge in [0.05, 0.1) is 18.2 Å². The van der Waals surface area contributed by atoms with Crippen molar-refractivity contribution in [2.24, 2.45) is 5.41 Å². The number of rotatable bonds is 6. The molecule has 0 radical (unpaired) electrons. The highest BCUT2D eigenvalue weighted by Crippen LogP contribution is 2.58. The van der Waals surface area contributed by atoms with E-state index in [4.69, 9.17) is 10.00 Å². The molecule has 1 aromatic heterocycles. The van der Waals surface area contributed by atoms with E-state index in [1.54, 1.807) is 6.07 Å². The molecule has 124 valence electrons. The monoisotopic (exact) mass is 333 g/mol. The van der Waals surface area contributed by atoms with Gasteiger partial charge >= 0.3 is 0 Å². The highest BCUT2D eigenvalue weighted by Gasteiger charge is 2.60. The average molecular weight is 333 g/mol. The standard InChI is InChI=1S/C17H23N3O2S/c1-3-22-14-9-13(17(14)6-4-7-17)20(2)11-15(21)19-16-12(10-18)5-8-23-16/h5,8,13-14H,3-4,6-7,9,11H2,1-2H3,(H,19,21)/t13-,14-/m1/s1. The molecule has 2 saturated carbocycles. The first-order valence-corrected chi connectivity index (χ1v) is 9.08. The Hall–Kier alpha value is -1.42. The van der Waals surface area contributed by atoms with Crippen LogP contribution < -0.4 is 5.32 Å². The minimum Gasteiger partial charge on any atom is -0.378 e. The predicted octanol–water partition coefficient (Wildman–Crippen LogP) is 2.84. The van der Waals surface area contributed by atoms with E-state index in [2.05, 4.69) is 16.3 Å². The number of anilines is 1. The maximum atomic E-state index is 12.3. The second kappa shape index (κ2) is 6.60. The fourth-order valence-corrected chi connectivity index (χ4v) is 4.77. The summed E-state index contributed by atoms with van der Waals surface area (Å²) in [5.41, 5.74) is 0.799. The van der Waals surface area contributed by atoms with Gasteiger partial charge in [-0.05, 0) is 44.7 Å². The van der Waals surface area contributed by atoms with E-state index in [-0.39, 0.29) is 11.3 Å². The summed E-state index contributed by atoms with van der Waals surface area (Å²) in [6.45, 7) is 3.16. The molecule has 0 saturated heterocycles. The van der Waals surface area contributed by atoms with Crippen LogP contribution in [0.5, 0.6) is 0 Å². The van der Waals surface area contributed by atoms with E-state index in [0.717, 1.165) is 13.0 Å². The highest BCUT2D eigenvalue weighted by molar-refractivity contribution is 7.14. The molecule has 1 N–H and O–H groups in total. The molecule has 23 heavy (non-hydrogen) atoms. The number of carbonyl (C=O) groups is 1. The zero-order chi connectivity index (χ0) is 16.4. The molecule has 2 aliphatic rings. The summed E-state index contributed by atoms with van der Waals surface area (Å²) in [4.78, 5) is 14.4. The molecular weight excluding hydrogens is 310 g/mol. The fraction of sp³-hybridized carbons (Fsp3) is 0.647. The van der Waals surface area contributed by atoms with Crippen LogP contribution >= 0.6 is 11.3 Å². The Kier molecular flexibility index (Phi) is 4.72. The molecule has 1 amide bonds. The molecule has 2 atom stereocenters. The lowest BCUT2D eigenvalue weighted by Gasteiger charge is -2.63. The first kappa shape index (κ1) is 16.4. The maximum absolute atomic E-state index is 12.3. The lowest BCUT2D eigenvalue weighted by molar-refractivity contribution is -0.199. The van der Waals surface area contributed by atoms with Crippen molar-refractivity contribution in [3.05, 3.63) is 17.0 Å². The first-order chi connectivity index (χ1) is 11.1. The third-order valence-corrected chi connectivity index (χ3v) is 6.19. The van der Waals surface area contributed by atoms with E-state index in [1.165, 1.54) is 30.6 Å². The van der Waals surface area contributed by atoms with Gasteiger partial charge in [0, 0.05) is 18.1 Å². The van der Waals surface area contributed by atoms with Gasteiger partial charge in [0.2, 0.25) is 5.91 Å². The summed E-state index contributed by atoms with van der Waals surface area (Å²) in [5, 5.41) is 14.3. The van der Waals surface area contributed by atoms with Crippen LogP contribution in [0, 0.1) is 16.7 Å². The number of nitriles is 1. The fourth-order valence-electron chi connectivity index (χ4n) is 4.02. The number of ether oxygens (including phenoxy) is 1. The molecule has 0 aliphatic heterocycles. The van der Waals surface area contributed by atoms with Crippen LogP contribution in [-0.2, 0) is 9.53 Å². The van der Waals surface area contributed by atoms with Gasteiger partial charge in [0.25, 0.3) is 0 Å². The van der Waals surface area contributed by atoms with Crippen LogP contribution in [0.2, 0.25) is 0 Å². The largest absolute Gasteiger partial charge is 0.378 e. The topological polar surface area (TPSA) is 65.4 Å². The van der Waals surface area contributed by atoms with E-state index < -0.39 is 0 Å². The zero-order valence-electron chi connectivity index (χ0n) is 13.7. The molecular formula is C17H23N3O2S. The summed E-state index contributed by atoms with van der Waals surface area (Å²) in [7, 11) is 2.02. The van der Waals surface area contributed by atoms with Crippen LogP contribution in [-0.4, -0.2) is 43.2 Å². The highest BCUT2D eigenvalue weighted by atomic mass is 32.1. The summed E-state index contributed by atoms with van der Waals surface area (Å²) in [6, 6.07) is 4.25. The van der Waals surface area contributed by atoms with Crippen molar-refractivity contribution < 1.29 is 9.53 Å². The zero-order valence-corrected chi connectivity index (χ0v) is 14.5. The summed E-state index contributed by atoms with van der Waals surface area (Å²) in [6.07, 6.45) is 5.05. The summed E-state index contributed by atoms with van der Waals surface area (Å²) in [5.74, 6) is -0.0548. The number of amides is 1. The minimum absolute atomic E-state index is 0.0548. The van der Waals surface area contributed by atoms with Crippen molar-refractivity contribution in [1.29, 1.82) is 5.26 Å². The van der Waals surface area contributed by atoms with Crippen molar-refractivity contribution in [2.45, 2.75) is 44.8 Å². The molecule has 5 nitrogen and oxygen atoms in total. The molecule has 6 heteroatoms. The molecule has 2 aliphatic carbocycles. The van der Waals surface area contributed by atoms with Crippen LogP contribution in [0.4, 0.5) is 5.00 Å². The molecule has 0 unspecified atom stereocenters. The Labute approximate surface area is 141 Å². The molecule has 2 fully saturated rings. The summed E-state index contributed by atoms with van der Waals surface area (Å²) < 4.78 is 5.87. The number of thiophene rings is 1. The molecule has 0 bridgehead atoms. The number of nitrogens with zero attached hydrogens (tertiary/aromatic N) is 2. The molecule has 1 heterocycles. The number of likely N-dealkylation sites (N-methyl/N-ethyl adjacent to an activating group) is 1. The molecule has 0 aromatic carbocycles. The first-order valence-electron chi connectivity index (χ1n) is 8.20. The van der Waals surface area contributed by atoms with Gasteiger partial charge in [0.1, 0.15) is 11.1 Å². The average Bonchev–Trinajstić information content (AvgIpc) is 2.88. The Bertz CT molecular complexity index is 618. The van der Waals surface area contributed by atoms with Crippen LogP contribution in [0.15, 0.2) is 11.4 Å². The van der Waals surface area contributed by atoms with Gasteiger partial charge in [-0.3, -0.25) is 9.69 Å². The van der Waals surface area contributed by atoms with Crippen molar-refractivity contribution in [1.82, 2.24) is 4.90 Å². The van der Waals surface area contributed by atoms with E-state index in [0.29, 0.717) is 29.3 Å². The number of carbonyl (C=O) groups excluding carboxylic acids is 1. The molecule has 1 aromatic rings. The number of hydrogen-bond acceptors (Lipinski definition) is 5. The Morgan fingerprint density at radius 1 is 1.61 bits per heavy atom. The van der Waals surface area contributed by atoms with E-state index in [1.807, 2.05) is 19.4 Å². The van der Waals surface area contributed by atoms with Gasteiger partial charge in [-0.2, -0.15) is 5.26 Å². The van der Waals surface area contributed by atoms with Crippen molar-refractivity contribution in [3.8, 4) is 6.07 Å². The SMILES string of the molecule is CCO[C@@H]1C[C@@H](N(C)CC(=O)Nc2sccc2C#N)C12CCC2. The van der Waals surface area contributed by atoms with Gasteiger partial charge in [-0.1, -0.05) is 6.42 Å². The summed E-state index contributed by atoms with van der Waals surface area (Å²) >= 11 is 1.39. The maximum Gasteiger partial charge on any atom is 0.239 e. The Morgan fingerprint density at radius 2 is 2.39 bits per heavy atom. The van der Waals surface area contributed by atoms with Crippen molar-refractivity contribution in [2.75, 3.05) is 25.5 Å². The number of hydrogen-bond donors (Lipinski definition) is 1. The van der Waals surface area contributed by atoms with E-state index in [9.17, 15) is 4.79 Å². The quantitative estimate of drug-likeness (QED) is 0.869. The Morgan fingerprint density at radius 3 is 3.00 bits per heavy atom. The van der Waals surface area contributed by atoms with Crippen LogP contribution in [0.1, 0.15) is 38.2 Å². The second-order valence-corrected chi connectivity index (χ2v) is 7.44. The minimum atomic E-state index is -0.0548. The number of nitrogens with one attached hydrogen (secondary N) is 1. The second-order valence-electron chi connectivity index (χ2n) is 6.52. The van der Waals surface area contributed by atoms with Gasteiger partial charge in [-0.15, -0.1) is 11.3 Å². The van der Waals surface area contributed by atoms with Crippen molar-refractivity contribution in [3.63, 3.8) is 0 Å². The smallest absolute Gasteiger partial charge is 0.239 e. The third kappa shape index (κ3) is 2.89. The van der Waals surface area contributed by atoms with Crippen molar-refractivity contribution >= 4 is 22.2 Å². The van der Waals surface area contributed by atoms with E-state index >= 15 is 0 Å². The predicted molar refractivity (Wildman–Crippen MR) is 90.4 cm³/mol. The molecule has 3 rings (SSSR count). The molecule has 1 spiro atoms. The lowest BCUT2D eigenvalue weighted by Crippen LogP contribution is -2.67. The van der Waals surface area contributed by atoms with Gasteiger partial charge in [-0.25, -0.2) is 0 Å². The Balaban J connectivity index is 1.56.